The Morgan fingerprint density at radius 2 is 1.82 bits per heavy atom. The highest BCUT2D eigenvalue weighted by Gasteiger charge is 2.27. The van der Waals surface area contributed by atoms with Gasteiger partial charge in [0.25, 0.3) is 5.91 Å². The van der Waals surface area contributed by atoms with Crippen LogP contribution in [0.4, 0.5) is 10.1 Å². The third-order valence-electron chi connectivity index (χ3n) is 5.11. The van der Waals surface area contributed by atoms with Crippen molar-refractivity contribution >= 4 is 27.6 Å². The van der Waals surface area contributed by atoms with E-state index >= 15 is 0 Å². The summed E-state index contributed by atoms with van der Waals surface area (Å²) >= 11 is 0. The van der Waals surface area contributed by atoms with E-state index in [2.05, 4.69) is 10.3 Å². The molecule has 0 atom stereocenters. The summed E-state index contributed by atoms with van der Waals surface area (Å²) in [5.41, 5.74) is 0.835. The molecule has 1 amide bonds. The summed E-state index contributed by atoms with van der Waals surface area (Å²) in [6, 6.07) is 11.4. The molecule has 0 bridgehead atoms. The molecule has 1 saturated heterocycles. The SMILES string of the molecule is O=C(COC(=O)c1cncn1-c1ccc(F)cc1)Nc1cccc(S(=O)(=O)N2CCCC2)c1. The minimum Gasteiger partial charge on any atom is -0.451 e. The van der Waals surface area contributed by atoms with Crippen LogP contribution in [0.1, 0.15) is 23.3 Å². The van der Waals surface area contributed by atoms with Crippen LogP contribution in [0.2, 0.25) is 0 Å². The van der Waals surface area contributed by atoms with Crippen molar-refractivity contribution in [1.82, 2.24) is 13.9 Å². The summed E-state index contributed by atoms with van der Waals surface area (Å²) in [6.45, 7) is 0.364. The van der Waals surface area contributed by atoms with Crippen LogP contribution in [-0.4, -0.2) is 53.8 Å². The van der Waals surface area contributed by atoms with Crippen molar-refractivity contribution in [1.29, 1.82) is 0 Å². The number of aromatic nitrogens is 2. The molecule has 0 radical (unpaired) electrons. The fourth-order valence-electron chi connectivity index (χ4n) is 3.47. The highest BCUT2D eigenvalue weighted by atomic mass is 32.2. The van der Waals surface area contributed by atoms with Gasteiger partial charge in [0.2, 0.25) is 10.0 Å². The normalized spacial score (nSPS) is 14.2. The van der Waals surface area contributed by atoms with Crippen LogP contribution in [0.15, 0.2) is 66.0 Å². The van der Waals surface area contributed by atoms with Gasteiger partial charge in [-0.2, -0.15) is 4.31 Å². The van der Waals surface area contributed by atoms with Crippen LogP contribution in [0.3, 0.4) is 0 Å². The number of anilines is 1. The highest BCUT2D eigenvalue weighted by Crippen LogP contribution is 2.23. The molecule has 3 aromatic rings. The first-order chi connectivity index (χ1) is 15.8. The molecule has 0 unspecified atom stereocenters. The molecule has 33 heavy (non-hydrogen) atoms. The van der Waals surface area contributed by atoms with Gasteiger partial charge in [0.1, 0.15) is 5.82 Å². The molecule has 11 heteroatoms. The maximum atomic E-state index is 13.1. The molecule has 1 fully saturated rings. The third-order valence-corrected chi connectivity index (χ3v) is 7.00. The predicted octanol–water partition coefficient (Wildman–Crippen LogP) is 2.59. The lowest BCUT2D eigenvalue weighted by molar-refractivity contribution is -0.119. The Balaban J connectivity index is 1.38. The summed E-state index contributed by atoms with van der Waals surface area (Å²) < 4.78 is 46.4. The van der Waals surface area contributed by atoms with Crippen molar-refractivity contribution in [3.05, 3.63) is 72.6 Å². The summed E-state index contributed by atoms with van der Waals surface area (Å²) in [5, 5.41) is 2.53. The van der Waals surface area contributed by atoms with E-state index in [9.17, 15) is 22.4 Å². The van der Waals surface area contributed by atoms with Gasteiger partial charge in [0, 0.05) is 24.5 Å². The van der Waals surface area contributed by atoms with Crippen LogP contribution in [0, 0.1) is 5.82 Å². The molecule has 1 aliphatic heterocycles. The van der Waals surface area contributed by atoms with Crippen molar-refractivity contribution in [2.75, 3.05) is 25.0 Å². The summed E-state index contributed by atoms with van der Waals surface area (Å²) in [4.78, 5) is 28.7. The lowest BCUT2D eigenvalue weighted by Gasteiger charge is -2.16. The lowest BCUT2D eigenvalue weighted by atomic mass is 10.3. The minimum absolute atomic E-state index is 0.0631. The molecule has 2 heterocycles. The van der Waals surface area contributed by atoms with Crippen LogP contribution in [-0.2, 0) is 19.6 Å². The van der Waals surface area contributed by atoms with E-state index in [-0.39, 0.29) is 16.3 Å². The Kier molecular flexibility index (Phi) is 6.52. The van der Waals surface area contributed by atoms with Crippen molar-refractivity contribution < 1.29 is 27.1 Å². The number of ether oxygens (including phenoxy) is 1. The summed E-state index contributed by atoms with van der Waals surface area (Å²) in [7, 11) is -3.62. The second kappa shape index (κ2) is 9.51. The van der Waals surface area contributed by atoms with Gasteiger partial charge in [0.05, 0.1) is 17.4 Å². The molecule has 1 aliphatic rings. The van der Waals surface area contributed by atoms with Crippen LogP contribution in [0.25, 0.3) is 5.69 Å². The molecule has 9 nitrogen and oxygen atoms in total. The van der Waals surface area contributed by atoms with E-state index in [0.29, 0.717) is 18.8 Å². The standard InChI is InChI=1S/C22H21FN4O5S/c23-16-6-8-18(9-7-16)27-15-24-13-20(27)22(29)32-14-21(28)25-17-4-3-5-19(12-17)33(30,31)26-10-1-2-11-26/h3-9,12-13,15H,1-2,10-11,14H2,(H,25,28). The van der Waals surface area contributed by atoms with Gasteiger partial charge < -0.3 is 10.1 Å². The van der Waals surface area contributed by atoms with Gasteiger partial charge in [0.15, 0.2) is 12.3 Å². The number of benzene rings is 2. The first-order valence-electron chi connectivity index (χ1n) is 10.2. The largest absolute Gasteiger partial charge is 0.451 e. The number of hydrogen-bond acceptors (Lipinski definition) is 6. The fraction of sp³-hybridized carbons (Fsp3) is 0.227. The first-order valence-corrected chi connectivity index (χ1v) is 11.6. The molecule has 1 aromatic heterocycles. The molecule has 0 saturated carbocycles. The number of carbonyl (C=O) groups excluding carboxylic acids is 2. The number of nitrogens with one attached hydrogen (secondary N) is 1. The average Bonchev–Trinajstić information content (AvgIpc) is 3.51. The quantitative estimate of drug-likeness (QED) is 0.529. The topological polar surface area (TPSA) is 111 Å². The summed E-state index contributed by atoms with van der Waals surface area (Å²) in [6.07, 6.45) is 4.29. The molecule has 4 rings (SSSR count). The Bertz CT molecular complexity index is 1270. The number of rotatable bonds is 7. The van der Waals surface area contributed by atoms with Crippen molar-refractivity contribution in [2.45, 2.75) is 17.7 Å². The third kappa shape index (κ3) is 5.10. The average molecular weight is 472 g/mol. The highest BCUT2D eigenvalue weighted by molar-refractivity contribution is 7.89. The van der Waals surface area contributed by atoms with Crippen molar-refractivity contribution in [2.24, 2.45) is 0 Å². The van der Waals surface area contributed by atoms with E-state index in [0.717, 1.165) is 12.8 Å². The van der Waals surface area contributed by atoms with Crippen molar-refractivity contribution in [3.8, 4) is 5.69 Å². The zero-order valence-electron chi connectivity index (χ0n) is 17.5. The van der Waals surface area contributed by atoms with Gasteiger partial charge >= 0.3 is 5.97 Å². The second-order valence-corrected chi connectivity index (χ2v) is 9.33. The molecule has 1 N–H and O–H groups in total. The van der Waals surface area contributed by atoms with Gasteiger partial charge in [-0.05, 0) is 55.3 Å². The Hall–Kier alpha value is -3.57. The first kappa shape index (κ1) is 22.6. The number of carbonyl (C=O) groups is 2. The number of imidazole rings is 1. The number of nitrogens with zero attached hydrogens (tertiary/aromatic N) is 3. The van der Waals surface area contributed by atoms with E-state index in [4.69, 9.17) is 4.74 Å². The molecule has 0 aliphatic carbocycles. The van der Waals surface area contributed by atoms with E-state index < -0.39 is 34.3 Å². The summed E-state index contributed by atoms with van der Waals surface area (Å²) in [5.74, 6) is -1.85. The van der Waals surface area contributed by atoms with Gasteiger partial charge in [-0.1, -0.05) is 6.07 Å². The van der Waals surface area contributed by atoms with Gasteiger partial charge in [-0.15, -0.1) is 0 Å². The smallest absolute Gasteiger partial charge is 0.357 e. The number of esters is 1. The van der Waals surface area contributed by atoms with E-state index in [1.54, 1.807) is 6.07 Å². The van der Waals surface area contributed by atoms with Crippen LogP contribution >= 0.6 is 0 Å². The van der Waals surface area contributed by atoms with E-state index in [1.807, 2.05) is 0 Å². The fourth-order valence-corrected chi connectivity index (χ4v) is 5.03. The molecule has 0 spiro atoms. The molecular weight excluding hydrogens is 451 g/mol. The zero-order valence-corrected chi connectivity index (χ0v) is 18.3. The Labute approximate surface area is 189 Å². The molecule has 2 aromatic carbocycles. The Morgan fingerprint density at radius 3 is 2.55 bits per heavy atom. The van der Waals surface area contributed by atoms with Gasteiger partial charge in [-0.25, -0.2) is 22.6 Å². The predicted molar refractivity (Wildman–Crippen MR) is 117 cm³/mol. The lowest BCUT2D eigenvalue weighted by Crippen LogP contribution is -2.28. The number of sulfonamides is 1. The number of halogens is 1. The molecule has 172 valence electrons. The zero-order chi connectivity index (χ0) is 23.4. The second-order valence-electron chi connectivity index (χ2n) is 7.39. The van der Waals surface area contributed by atoms with Crippen LogP contribution in [0.5, 0.6) is 0 Å². The minimum atomic E-state index is -3.62. The number of amides is 1. The van der Waals surface area contributed by atoms with E-state index in [1.165, 1.54) is 63.9 Å². The van der Waals surface area contributed by atoms with Crippen molar-refractivity contribution in [3.63, 3.8) is 0 Å². The number of hydrogen-bond donors (Lipinski definition) is 1. The maximum absolute atomic E-state index is 13.1. The molecular formula is C22H21FN4O5S. The monoisotopic (exact) mass is 472 g/mol. The van der Waals surface area contributed by atoms with Gasteiger partial charge in [-0.3, -0.25) is 9.36 Å². The Morgan fingerprint density at radius 1 is 1.09 bits per heavy atom. The maximum Gasteiger partial charge on any atom is 0.357 e. The van der Waals surface area contributed by atoms with Crippen LogP contribution < -0.4 is 5.32 Å².